The van der Waals surface area contributed by atoms with Gasteiger partial charge in [-0.15, -0.1) is 0 Å². The first-order valence-corrected chi connectivity index (χ1v) is 10.9. The van der Waals surface area contributed by atoms with Crippen LogP contribution in [0, 0.1) is 0 Å². The molecule has 21 heavy (non-hydrogen) atoms. The molecule has 0 unspecified atom stereocenters. The van der Waals surface area contributed by atoms with Crippen LogP contribution in [0.5, 0.6) is 0 Å². The molecule has 0 radical (unpaired) electrons. The number of hydrogen-bond acceptors (Lipinski definition) is 2. The predicted octanol–water partition coefficient (Wildman–Crippen LogP) is 3.67. The molecule has 0 aliphatic carbocycles. The normalized spacial score (nSPS) is 11.6. The van der Waals surface area contributed by atoms with Crippen molar-refractivity contribution >= 4 is 18.9 Å². The average molecular weight is 299 g/mol. The zero-order chi connectivity index (χ0) is 15.5. The van der Waals surface area contributed by atoms with Gasteiger partial charge >= 0.3 is 0 Å². The number of nitrogens with two attached hydrogens (primary N) is 1. The van der Waals surface area contributed by atoms with Crippen molar-refractivity contribution in [2.45, 2.75) is 26.1 Å². The Labute approximate surface area is 129 Å². The van der Waals surface area contributed by atoms with Crippen LogP contribution in [0.2, 0.25) is 19.6 Å². The van der Waals surface area contributed by atoms with Crippen LogP contribution in [-0.4, -0.2) is 21.8 Å². The molecule has 2 nitrogen and oxygen atoms in total. The van der Waals surface area contributed by atoms with E-state index in [0.717, 1.165) is 23.2 Å². The van der Waals surface area contributed by atoms with Crippen LogP contribution >= 0.6 is 0 Å². The van der Waals surface area contributed by atoms with E-state index in [1.165, 1.54) is 10.8 Å². The highest BCUT2D eigenvalue weighted by molar-refractivity contribution is 6.88. The standard InChI is InChI=1S/C18H25NOSi/c1-20-13-12-15-6-5-7-17(18(15)19)14-8-10-16(11-9-14)21(2,3)4/h5-11H,12-13,19H2,1-4H3. The third-order valence-corrected chi connectivity index (χ3v) is 5.90. The summed E-state index contributed by atoms with van der Waals surface area (Å²) in [6.45, 7) is 7.79. The van der Waals surface area contributed by atoms with E-state index in [4.69, 9.17) is 10.5 Å². The van der Waals surface area contributed by atoms with Gasteiger partial charge in [-0.25, -0.2) is 0 Å². The molecule has 0 spiro atoms. The molecule has 0 bridgehead atoms. The average Bonchev–Trinajstić information content (AvgIpc) is 2.45. The van der Waals surface area contributed by atoms with Gasteiger partial charge < -0.3 is 10.5 Å². The predicted molar refractivity (Wildman–Crippen MR) is 94.9 cm³/mol. The van der Waals surface area contributed by atoms with Crippen LogP contribution in [0.3, 0.4) is 0 Å². The van der Waals surface area contributed by atoms with Crippen molar-refractivity contribution in [3.63, 3.8) is 0 Å². The molecule has 0 aliphatic rings. The Bertz CT molecular complexity index is 600. The molecule has 0 fully saturated rings. The lowest BCUT2D eigenvalue weighted by molar-refractivity contribution is 0.202. The van der Waals surface area contributed by atoms with Crippen LogP contribution in [0.4, 0.5) is 5.69 Å². The van der Waals surface area contributed by atoms with Crippen molar-refractivity contribution in [2.24, 2.45) is 0 Å². The Hall–Kier alpha value is -1.58. The fourth-order valence-corrected chi connectivity index (χ4v) is 3.61. The van der Waals surface area contributed by atoms with Gasteiger partial charge in [-0.1, -0.05) is 67.3 Å². The van der Waals surface area contributed by atoms with Crippen molar-refractivity contribution in [2.75, 3.05) is 19.5 Å². The van der Waals surface area contributed by atoms with Gasteiger partial charge in [0.25, 0.3) is 0 Å². The van der Waals surface area contributed by atoms with Gasteiger partial charge in [0.1, 0.15) is 0 Å². The molecule has 2 aromatic carbocycles. The van der Waals surface area contributed by atoms with E-state index in [1.54, 1.807) is 7.11 Å². The second-order valence-corrected chi connectivity index (χ2v) is 11.5. The molecule has 0 aliphatic heterocycles. The molecule has 2 rings (SSSR count). The van der Waals surface area contributed by atoms with E-state index in [1.807, 2.05) is 0 Å². The summed E-state index contributed by atoms with van der Waals surface area (Å²) in [5.41, 5.74) is 10.7. The van der Waals surface area contributed by atoms with Gasteiger partial charge in [-0.05, 0) is 17.5 Å². The monoisotopic (exact) mass is 299 g/mol. The second-order valence-electron chi connectivity index (χ2n) is 6.45. The number of para-hydroxylation sites is 1. The first kappa shape index (κ1) is 15.8. The third kappa shape index (κ3) is 3.74. The molecule has 2 N–H and O–H groups in total. The van der Waals surface area contributed by atoms with Crippen LogP contribution < -0.4 is 10.9 Å². The van der Waals surface area contributed by atoms with Crippen LogP contribution in [0.15, 0.2) is 42.5 Å². The van der Waals surface area contributed by atoms with Crippen molar-refractivity contribution < 1.29 is 4.74 Å². The summed E-state index contributed by atoms with van der Waals surface area (Å²) < 4.78 is 5.15. The van der Waals surface area contributed by atoms with E-state index < -0.39 is 8.07 Å². The summed E-state index contributed by atoms with van der Waals surface area (Å²) in [5, 5.41) is 1.47. The Balaban J connectivity index is 2.34. The first-order valence-electron chi connectivity index (χ1n) is 7.40. The Morgan fingerprint density at radius 3 is 2.24 bits per heavy atom. The maximum Gasteiger partial charge on any atom is 0.0775 e. The minimum Gasteiger partial charge on any atom is -0.398 e. The molecule has 3 heteroatoms. The second kappa shape index (κ2) is 6.46. The van der Waals surface area contributed by atoms with Crippen molar-refractivity contribution in [3.8, 4) is 11.1 Å². The van der Waals surface area contributed by atoms with Crippen LogP contribution in [-0.2, 0) is 11.2 Å². The molecule has 0 saturated heterocycles. The molecule has 2 aromatic rings. The summed E-state index contributed by atoms with van der Waals surface area (Å²) in [4.78, 5) is 0. The zero-order valence-electron chi connectivity index (χ0n) is 13.4. The maximum atomic E-state index is 6.33. The fraction of sp³-hybridized carbons (Fsp3) is 0.333. The van der Waals surface area contributed by atoms with E-state index in [9.17, 15) is 0 Å². The summed E-state index contributed by atoms with van der Waals surface area (Å²) in [7, 11) is 0.470. The Kier molecular flexibility index (Phi) is 4.86. The highest BCUT2D eigenvalue weighted by Crippen LogP contribution is 2.28. The maximum absolute atomic E-state index is 6.33. The van der Waals surface area contributed by atoms with Crippen molar-refractivity contribution in [1.29, 1.82) is 0 Å². The number of ether oxygens (including phenoxy) is 1. The molecule has 112 valence electrons. The van der Waals surface area contributed by atoms with Gasteiger partial charge in [0.15, 0.2) is 0 Å². The Morgan fingerprint density at radius 2 is 1.67 bits per heavy atom. The van der Waals surface area contributed by atoms with Gasteiger partial charge in [0, 0.05) is 18.4 Å². The molecule has 0 heterocycles. The number of nitrogen functional groups attached to an aromatic ring is 1. The SMILES string of the molecule is COCCc1cccc(-c2ccc([Si](C)(C)C)cc2)c1N. The molecular weight excluding hydrogens is 274 g/mol. The van der Waals surface area contributed by atoms with Gasteiger partial charge in [0.2, 0.25) is 0 Å². The molecule has 0 atom stereocenters. The van der Waals surface area contributed by atoms with Crippen LogP contribution in [0.25, 0.3) is 11.1 Å². The highest BCUT2D eigenvalue weighted by atomic mass is 28.3. The van der Waals surface area contributed by atoms with E-state index >= 15 is 0 Å². The molecule has 0 saturated carbocycles. The smallest absolute Gasteiger partial charge is 0.0775 e. The number of anilines is 1. The van der Waals surface area contributed by atoms with Crippen molar-refractivity contribution in [1.82, 2.24) is 0 Å². The van der Waals surface area contributed by atoms with E-state index in [2.05, 4.69) is 62.1 Å². The van der Waals surface area contributed by atoms with Gasteiger partial charge in [0.05, 0.1) is 14.7 Å². The van der Waals surface area contributed by atoms with Gasteiger partial charge in [-0.3, -0.25) is 0 Å². The lowest BCUT2D eigenvalue weighted by Crippen LogP contribution is -2.37. The molecule has 0 amide bonds. The lowest BCUT2D eigenvalue weighted by atomic mass is 9.99. The minimum atomic E-state index is -1.25. The summed E-state index contributed by atoms with van der Waals surface area (Å²) in [6, 6.07) is 15.1. The fourth-order valence-electron chi connectivity index (χ4n) is 2.44. The van der Waals surface area contributed by atoms with E-state index in [-0.39, 0.29) is 0 Å². The number of methoxy groups -OCH3 is 1. The Morgan fingerprint density at radius 1 is 1.00 bits per heavy atom. The number of benzene rings is 2. The quantitative estimate of drug-likeness (QED) is 0.675. The number of rotatable bonds is 5. The van der Waals surface area contributed by atoms with Gasteiger partial charge in [-0.2, -0.15) is 0 Å². The zero-order valence-corrected chi connectivity index (χ0v) is 14.4. The van der Waals surface area contributed by atoms with E-state index in [0.29, 0.717) is 6.61 Å². The third-order valence-electron chi connectivity index (χ3n) is 3.83. The minimum absolute atomic E-state index is 0.697. The molecule has 0 aromatic heterocycles. The highest BCUT2D eigenvalue weighted by Gasteiger charge is 2.16. The summed E-state index contributed by atoms with van der Waals surface area (Å²) in [5.74, 6) is 0. The first-order chi connectivity index (χ1) is 9.93. The topological polar surface area (TPSA) is 35.2 Å². The van der Waals surface area contributed by atoms with Crippen LogP contribution in [0.1, 0.15) is 5.56 Å². The molecular formula is C18H25NOSi. The van der Waals surface area contributed by atoms with Crippen molar-refractivity contribution in [3.05, 3.63) is 48.0 Å². The number of hydrogen-bond donors (Lipinski definition) is 1. The lowest BCUT2D eigenvalue weighted by Gasteiger charge is -2.17. The largest absolute Gasteiger partial charge is 0.398 e. The summed E-state index contributed by atoms with van der Waals surface area (Å²) in [6.07, 6.45) is 0.850. The summed E-state index contributed by atoms with van der Waals surface area (Å²) >= 11 is 0.